The number of ether oxygens (including phenoxy) is 3. The zero-order chi connectivity index (χ0) is 19.2. The largest absolute Gasteiger partial charge is 0.497 e. The van der Waals surface area contributed by atoms with E-state index in [1.54, 1.807) is 14.0 Å². The summed E-state index contributed by atoms with van der Waals surface area (Å²) in [6.07, 6.45) is 0. The molecule has 1 aromatic carbocycles. The van der Waals surface area contributed by atoms with Crippen LogP contribution in [0.3, 0.4) is 0 Å². The molecule has 7 nitrogen and oxygen atoms in total. The highest BCUT2D eigenvalue weighted by Crippen LogP contribution is 2.33. The van der Waals surface area contributed by atoms with Crippen molar-refractivity contribution in [3.8, 4) is 11.5 Å². The van der Waals surface area contributed by atoms with Gasteiger partial charge in [0, 0.05) is 12.6 Å². The van der Waals surface area contributed by atoms with E-state index in [-0.39, 0.29) is 12.6 Å². The first-order valence-electron chi connectivity index (χ1n) is 8.46. The van der Waals surface area contributed by atoms with Crippen LogP contribution in [0.1, 0.15) is 33.5 Å². The Morgan fingerprint density at radius 2 is 1.96 bits per heavy atom. The van der Waals surface area contributed by atoms with Gasteiger partial charge in [-0.05, 0) is 39.8 Å². The number of aromatic nitrogens is 3. The zero-order valence-electron chi connectivity index (χ0n) is 15.8. The van der Waals surface area contributed by atoms with Crippen molar-refractivity contribution in [2.24, 2.45) is 0 Å². The van der Waals surface area contributed by atoms with Crippen molar-refractivity contribution >= 4 is 17.7 Å². The number of carbonyl (C=O) groups excluding carboxylic acids is 1. The molecule has 0 aliphatic carbocycles. The molecule has 0 aliphatic heterocycles. The smallest absolute Gasteiger partial charge is 0.322 e. The van der Waals surface area contributed by atoms with Crippen LogP contribution < -0.4 is 9.47 Å². The number of methoxy groups -OCH3 is 1. The van der Waals surface area contributed by atoms with Gasteiger partial charge in [-0.15, -0.1) is 10.2 Å². The van der Waals surface area contributed by atoms with Crippen molar-refractivity contribution in [1.29, 1.82) is 0 Å². The summed E-state index contributed by atoms with van der Waals surface area (Å²) in [5.41, 5.74) is 0. The normalized spacial score (nSPS) is 11.3. The van der Waals surface area contributed by atoms with Crippen LogP contribution in [0.25, 0.3) is 0 Å². The lowest BCUT2D eigenvalue weighted by molar-refractivity contribution is -0.145. The summed E-state index contributed by atoms with van der Waals surface area (Å²) in [5.74, 6) is 1.84. The number of rotatable bonds is 9. The Morgan fingerprint density at radius 1 is 1.23 bits per heavy atom. The van der Waals surface area contributed by atoms with Crippen LogP contribution in [0.5, 0.6) is 11.5 Å². The highest BCUT2D eigenvalue weighted by molar-refractivity contribution is 8.01. The first-order valence-corrected chi connectivity index (χ1v) is 9.28. The van der Waals surface area contributed by atoms with Crippen LogP contribution in [-0.2, 0) is 22.7 Å². The highest BCUT2D eigenvalue weighted by Gasteiger charge is 2.33. The molecule has 0 aliphatic rings. The molecule has 0 radical (unpaired) electrons. The molecule has 0 N–H and O–H groups in total. The Bertz CT molecular complexity index is 746. The van der Waals surface area contributed by atoms with Gasteiger partial charge in [0.2, 0.25) is 0 Å². The van der Waals surface area contributed by atoms with E-state index in [9.17, 15) is 4.79 Å². The van der Waals surface area contributed by atoms with E-state index in [1.807, 2.05) is 49.6 Å². The van der Waals surface area contributed by atoms with Crippen molar-refractivity contribution in [2.75, 3.05) is 13.7 Å². The maximum atomic E-state index is 12.1. The maximum Gasteiger partial charge on any atom is 0.322 e. The van der Waals surface area contributed by atoms with Crippen molar-refractivity contribution in [3.63, 3.8) is 0 Å². The molecule has 0 bridgehead atoms. The summed E-state index contributed by atoms with van der Waals surface area (Å²) in [5, 5.41) is 9.10. The number of carbonyl (C=O) groups is 1. The quantitative estimate of drug-likeness (QED) is 0.489. The topological polar surface area (TPSA) is 75.5 Å². The number of nitrogens with zero attached hydrogens (tertiary/aromatic N) is 3. The van der Waals surface area contributed by atoms with Gasteiger partial charge in [0.25, 0.3) is 0 Å². The lowest BCUT2D eigenvalue weighted by Crippen LogP contribution is -2.30. The summed E-state index contributed by atoms with van der Waals surface area (Å²) in [4.78, 5) is 12.1. The van der Waals surface area contributed by atoms with Crippen LogP contribution in [0.15, 0.2) is 29.4 Å². The SMILES string of the molecule is CCOC(=O)C(C)(C)Sc1nnc(COc2cccc(OC)c2)n1CC. The number of hydrogen-bond acceptors (Lipinski definition) is 7. The van der Waals surface area contributed by atoms with Crippen molar-refractivity contribution in [2.45, 2.75) is 50.8 Å². The van der Waals surface area contributed by atoms with Crippen molar-refractivity contribution in [3.05, 3.63) is 30.1 Å². The van der Waals surface area contributed by atoms with Gasteiger partial charge in [0.1, 0.15) is 22.9 Å². The highest BCUT2D eigenvalue weighted by atomic mass is 32.2. The standard InChI is InChI=1S/C18H25N3O4S/c1-6-21-15(12-25-14-10-8-9-13(11-14)23-5)19-20-17(21)26-18(3,4)16(22)24-7-2/h8-11H,6-7,12H2,1-5H3. The second-order valence-electron chi connectivity index (χ2n) is 5.94. The number of hydrogen-bond donors (Lipinski definition) is 0. The molecule has 0 amide bonds. The minimum atomic E-state index is -0.749. The van der Waals surface area contributed by atoms with Gasteiger partial charge >= 0.3 is 5.97 Å². The van der Waals surface area contributed by atoms with E-state index in [0.29, 0.717) is 29.9 Å². The Morgan fingerprint density at radius 3 is 2.62 bits per heavy atom. The van der Waals surface area contributed by atoms with Crippen LogP contribution in [0.4, 0.5) is 0 Å². The van der Waals surface area contributed by atoms with E-state index in [0.717, 1.165) is 5.75 Å². The maximum absolute atomic E-state index is 12.1. The fraction of sp³-hybridized carbons (Fsp3) is 0.500. The Kier molecular flexibility index (Phi) is 6.90. The minimum absolute atomic E-state index is 0.272. The average molecular weight is 379 g/mol. The molecule has 0 unspecified atom stereocenters. The summed E-state index contributed by atoms with van der Waals surface area (Å²) in [6.45, 7) is 8.72. The minimum Gasteiger partial charge on any atom is -0.497 e. The van der Waals surface area contributed by atoms with Crippen LogP contribution >= 0.6 is 11.8 Å². The average Bonchev–Trinajstić information content (AvgIpc) is 3.01. The van der Waals surface area contributed by atoms with E-state index < -0.39 is 4.75 Å². The molecule has 1 heterocycles. The first kappa shape index (κ1) is 20.1. The molecule has 0 fully saturated rings. The molecule has 8 heteroatoms. The van der Waals surface area contributed by atoms with Gasteiger partial charge in [-0.3, -0.25) is 4.79 Å². The van der Waals surface area contributed by atoms with Crippen LogP contribution in [0.2, 0.25) is 0 Å². The monoisotopic (exact) mass is 379 g/mol. The molecular weight excluding hydrogens is 354 g/mol. The predicted octanol–water partition coefficient (Wildman–Crippen LogP) is 3.32. The third-order valence-corrected chi connectivity index (χ3v) is 4.79. The summed E-state index contributed by atoms with van der Waals surface area (Å²) < 4.78 is 17.3. The second kappa shape index (κ2) is 8.93. The fourth-order valence-corrected chi connectivity index (χ4v) is 3.26. The summed E-state index contributed by atoms with van der Waals surface area (Å²) in [7, 11) is 1.61. The van der Waals surface area contributed by atoms with Gasteiger partial charge in [-0.25, -0.2) is 0 Å². The molecule has 0 atom stereocenters. The Hall–Kier alpha value is -2.22. The van der Waals surface area contributed by atoms with E-state index in [1.165, 1.54) is 11.8 Å². The van der Waals surface area contributed by atoms with Gasteiger partial charge in [-0.2, -0.15) is 0 Å². The van der Waals surface area contributed by atoms with Gasteiger partial charge in [0.15, 0.2) is 11.0 Å². The summed E-state index contributed by atoms with van der Waals surface area (Å²) >= 11 is 1.33. The van der Waals surface area contributed by atoms with Gasteiger partial charge in [0.05, 0.1) is 13.7 Å². The molecule has 0 saturated carbocycles. The molecule has 26 heavy (non-hydrogen) atoms. The molecular formula is C18H25N3O4S. The third-order valence-electron chi connectivity index (χ3n) is 3.63. The lowest BCUT2D eigenvalue weighted by atomic mass is 10.2. The van der Waals surface area contributed by atoms with Gasteiger partial charge in [-0.1, -0.05) is 17.8 Å². The van der Waals surface area contributed by atoms with Gasteiger partial charge < -0.3 is 18.8 Å². The number of benzene rings is 1. The Balaban J connectivity index is 2.10. The lowest BCUT2D eigenvalue weighted by Gasteiger charge is -2.21. The van der Waals surface area contributed by atoms with Crippen LogP contribution in [0, 0.1) is 0 Å². The zero-order valence-corrected chi connectivity index (χ0v) is 16.6. The Labute approximate surface area is 158 Å². The molecule has 0 saturated heterocycles. The third kappa shape index (κ3) is 4.91. The van der Waals surface area contributed by atoms with E-state index >= 15 is 0 Å². The van der Waals surface area contributed by atoms with Crippen LogP contribution in [-0.4, -0.2) is 39.2 Å². The van der Waals surface area contributed by atoms with E-state index in [4.69, 9.17) is 14.2 Å². The number of thioether (sulfide) groups is 1. The second-order valence-corrected chi connectivity index (χ2v) is 7.53. The van der Waals surface area contributed by atoms with Crippen molar-refractivity contribution in [1.82, 2.24) is 14.8 Å². The first-order chi connectivity index (χ1) is 12.4. The molecule has 2 rings (SSSR count). The fourth-order valence-electron chi connectivity index (χ4n) is 2.23. The van der Waals surface area contributed by atoms with E-state index in [2.05, 4.69) is 10.2 Å². The number of esters is 1. The molecule has 1 aromatic heterocycles. The molecule has 2 aromatic rings. The molecule has 142 valence electrons. The summed E-state index contributed by atoms with van der Waals surface area (Å²) in [6, 6.07) is 7.39. The predicted molar refractivity (Wildman–Crippen MR) is 99.6 cm³/mol. The molecule has 0 spiro atoms. The van der Waals surface area contributed by atoms with Crippen molar-refractivity contribution < 1.29 is 19.0 Å².